The summed E-state index contributed by atoms with van der Waals surface area (Å²) in [5.41, 5.74) is 9.31. The lowest BCUT2D eigenvalue weighted by Crippen LogP contribution is -2.49. The number of benzene rings is 3. The first-order valence-corrected chi connectivity index (χ1v) is 9.73. The first kappa shape index (κ1) is 19.5. The Morgan fingerprint density at radius 1 is 1.03 bits per heavy atom. The van der Waals surface area contributed by atoms with Crippen LogP contribution in [0.25, 0.3) is 0 Å². The molecule has 0 bridgehead atoms. The van der Waals surface area contributed by atoms with E-state index in [1.807, 2.05) is 60.7 Å². The number of fused-ring (bicyclic) bond motifs is 1. The molecular weight excluding hydrogens is 378 g/mol. The molecule has 0 unspecified atom stereocenters. The Morgan fingerprint density at radius 3 is 2.53 bits per heavy atom. The van der Waals surface area contributed by atoms with Crippen molar-refractivity contribution in [1.29, 1.82) is 0 Å². The van der Waals surface area contributed by atoms with Crippen molar-refractivity contribution in [2.24, 2.45) is 5.73 Å². The Kier molecular flexibility index (Phi) is 5.39. The van der Waals surface area contributed by atoms with E-state index in [0.29, 0.717) is 24.2 Å². The van der Waals surface area contributed by atoms with Gasteiger partial charge in [0.05, 0.1) is 18.5 Å². The first-order valence-electron chi connectivity index (χ1n) is 9.73. The average molecular weight is 401 g/mol. The van der Waals surface area contributed by atoms with Crippen LogP contribution in [0.3, 0.4) is 0 Å². The number of nitrogens with one attached hydrogen (secondary N) is 1. The lowest BCUT2D eigenvalue weighted by atomic mass is 9.98. The number of nitrogens with zero attached hydrogens (tertiary/aromatic N) is 1. The number of amides is 2. The molecule has 3 N–H and O–H groups in total. The van der Waals surface area contributed by atoms with Crippen molar-refractivity contribution in [1.82, 2.24) is 0 Å². The van der Waals surface area contributed by atoms with Gasteiger partial charge >= 0.3 is 0 Å². The molecule has 3 aromatic carbocycles. The van der Waals surface area contributed by atoms with Gasteiger partial charge in [0.2, 0.25) is 11.8 Å². The minimum atomic E-state index is -0.530. The molecule has 3 aromatic rings. The van der Waals surface area contributed by atoms with Crippen LogP contribution in [0.1, 0.15) is 21.5 Å². The molecule has 0 saturated carbocycles. The van der Waals surface area contributed by atoms with Crippen molar-refractivity contribution >= 4 is 23.2 Å². The van der Waals surface area contributed by atoms with E-state index in [9.17, 15) is 9.59 Å². The molecule has 0 radical (unpaired) electrons. The van der Waals surface area contributed by atoms with Gasteiger partial charge in [0, 0.05) is 18.5 Å². The van der Waals surface area contributed by atoms with Crippen molar-refractivity contribution in [2.75, 3.05) is 17.3 Å². The van der Waals surface area contributed by atoms with Gasteiger partial charge in [0.25, 0.3) is 0 Å². The van der Waals surface area contributed by atoms with Gasteiger partial charge in [-0.15, -0.1) is 0 Å². The van der Waals surface area contributed by atoms with Crippen LogP contribution in [-0.2, 0) is 17.8 Å². The van der Waals surface area contributed by atoms with Crippen LogP contribution in [0.4, 0.5) is 11.4 Å². The molecule has 1 aliphatic rings. The summed E-state index contributed by atoms with van der Waals surface area (Å²) >= 11 is 0. The second-order valence-electron chi connectivity index (χ2n) is 7.27. The minimum absolute atomic E-state index is 0.115. The Labute approximate surface area is 175 Å². The second-order valence-corrected chi connectivity index (χ2v) is 7.27. The molecule has 1 heterocycles. The van der Waals surface area contributed by atoms with Gasteiger partial charge in [-0.1, -0.05) is 42.5 Å². The van der Waals surface area contributed by atoms with Crippen LogP contribution in [-0.4, -0.2) is 25.0 Å². The zero-order chi connectivity index (χ0) is 21.1. The normalized spacial score (nSPS) is 15.3. The number of carbonyl (C=O) groups excluding carboxylic acids is 2. The first-order chi connectivity index (χ1) is 14.5. The number of primary amides is 1. The number of nitrogens with two attached hydrogens (primary N) is 1. The predicted molar refractivity (Wildman–Crippen MR) is 117 cm³/mol. The fourth-order valence-corrected chi connectivity index (χ4v) is 3.77. The molecule has 1 atom stereocenters. The minimum Gasteiger partial charge on any atom is -0.497 e. The Hall–Kier alpha value is -3.80. The average Bonchev–Trinajstić information content (AvgIpc) is 2.76. The van der Waals surface area contributed by atoms with Gasteiger partial charge in [-0.05, 0) is 41.5 Å². The molecule has 0 saturated heterocycles. The number of hydrogen-bond acceptors (Lipinski definition) is 4. The molecular formula is C24H23N3O3. The van der Waals surface area contributed by atoms with E-state index >= 15 is 0 Å². The number of methoxy groups -OCH3 is 1. The van der Waals surface area contributed by atoms with E-state index in [1.165, 1.54) is 0 Å². The van der Waals surface area contributed by atoms with Gasteiger partial charge in [0.1, 0.15) is 11.8 Å². The van der Waals surface area contributed by atoms with Crippen LogP contribution >= 0.6 is 0 Å². The summed E-state index contributed by atoms with van der Waals surface area (Å²) in [6.45, 7) is 0.519. The summed E-state index contributed by atoms with van der Waals surface area (Å²) < 4.78 is 5.35. The zero-order valence-electron chi connectivity index (χ0n) is 16.7. The van der Waals surface area contributed by atoms with E-state index in [-0.39, 0.29) is 5.91 Å². The molecule has 30 heavy (non-hydrogen) atoms. The van der Waals surface area contributed by atoms with Crippen LogP contribution in [0.5, 0.6) is 5.75 Å². The summed E-state index contributed by atoms with van der Waals surface area (Å²) in [6, 6.07) is 22.5. The van der Waals surface area contributed by atoms with Crippen molar-refractivity contribution in [3.8, 4) is 5.75 Å². The summed E-state index contributed by atoms with van der Waals surface area (Å²) in [7, 11) is 1.63. The summed E-state index contributed by atoms with van der Waals surface area (Å²) in [5.74, 6) is 0.117. The molecule has 0 aliphatic carbocycles. The van der Waals surface area contributed by atoms with Gasteiger partial charge < -0.3 is 20.7 Å². The number of ether oxygens (including phenoxy) is 1. The van der Waals surface area contributed by atoms with Gasteiger partial charge in [0.15, 0.2) is 0 Å². The molecule has 1 aliphatic heterocycles. The third-order valence-corrected chi connectivity index (χ3v) is 5.29. The van der Waals surface area contributed by atoms with E-state index in [2.05, 4.69) is 10.2 Å². The zero-order valence-corrected chi connectivity index (χ0v) is 16.7. The largest absolute Gasteiger partial charge is 0.497 e. The van der Waals surface area contributed by atoms with Gasteiger partial charge in [-0.2, -0.15) is 0 Å². The molecule has 4 rings (SSSR count). The second kappa shape index (κ2) is 8.29. The molecule has 0 fully saturated rings. The third kappa shape index (κ3) is 3.98. The van der Waals surface area contributed by atoms with Crippen LogP contribution in [0, 0.1) is 0 Å². The maximum absolute atomic E-state index is 13.1. The molecule has 152 valence electrons. The molecule has 6 heteroatoms. The lowest BCUT2D eigenvalue weighted by molar-refractivity contribution is -0.117. The molecule has 2 amide bonds. The molecule has 6 nitrogen and oxygen atoms in total. The number of carbonyl (C=O) groups is 2. The Morgan fingerprint density at radius 2 is 1.80 bits per heavy atom. The highest BCUT2D eigenvalue weighted by Crippen LogP contribution is 2.35. The van der Waals surface area contributed by atoms with Crippen LogP contribution in [0.2, 0.25) is 0 Å². The van der Waals surface area contributed by atoms with Gasteiger partial charge in [-0.25, -0.2) is 0 Å². The smallest absolute Gasteiger partial charge is 0.248 e. The highest BCUT2D eigenvalue weighted by Gasteiger charge is 2.33. The third-order valence-electron chi connectivity index (χ3n) is 5.29. The number of anilines is 2. The fraction of sp³-hybridized carbons (Fsp3) is 0.167. The monoisotopic (exact) mass is 401 g/mol. The SMILES string of the molecule is COc1cccc(CN2c3ccc(C(N)=O)cc3NC(=O)[C@@H]2Cc2ccccc2)c1. The highest BCUT2D eigenvalue weighted by atomic mass is 16.5. The predicted octanol–water partition coefficient (Wildman–Crippen LogP) is 3.36. The van der Waals surface area contributed by atoms with Crippen molar-refractivity contribution < 1.29 is 14.3 Å². The maximum atomic E-state index is 13.1. The van der Waals surface area contributed by atoms with Crippen molar-refractivity contribution in [3.63, 3.8) is 0 Å². The van der Waals surface area contributed by atoms with Gasteiger partial charge in [-0.3, -0.25) is 9.59 Å². The number of hydrogen-bond donors (Lipinski definition) is 2. The highest BCUT2D eigenvalue weighted by molar-refractivity contribution is 6.05. The van der Waals surface area contributed by atoms with E-state index in [0.717, 1.165) is 22.6 Å². The van der Waals surface area contributed by atoms with E-state index < -0.39 is 11.9 Å². The van der Waals surface area contributed by atoms with E-state index in [1.54, 1.807) is 19.2 Å². The fourth-order valence-electron chi connectivity index (χ4n) is 3.77. The van der Waals surface area contributed by atoms with E-state index in [4.69, 9.17) is 10.5 Å². The van der Waals surface area contributed by atoms with Crippen molar-refractivity contribution in [3.05, 3.63) is 89.5 Å². The summed E-state index contributed by atoms with van der Waals surface area (Å²) in [4.78, 5) is 26.7. The molecule has 0 aromatic heterocycles. The standard InChI is InChI=1S/C24H23N3O3/c1-30-19-9-5-8-17(12-19)15-27-21-11-10-18(23(25)28)14-20(21)26-24(29)22(27)13-16-6-3-2-4-7-16/h2-12,14,22H,13,15H2,1H3,(H2,25,28)(H,26,29)/t22-/m0/s1. The maximum Gasteiger partial charge on any atom is 0.248 e. The lowest BCUT2D eigenvalue weighted by Gasteiger charge is -2.38. The summed E-state index contributed by atoms with van der Waals surface area (Å²) in [5, 5.41) is 2.95. The van der Waals surface area contributed by atoms with Crippen LogP contribution < -0.4 is 20.7 Å². The van der Waals surface area contributed by atoms with Crippen molar-refractivity contribution in [2.45, 2.75) is 19.0 Å². The van der Waals surface area contributed by atoms with Crippen LogP contribution in [0.15, 0.2) is 72.8 Å². The Balaban J connectivity index is 1.74. The topological polar surface area (TPSA) is 84.7 Å². The quantitative estimate of drug-likeness (QED) is 0.663. The molecule has 0 spiro atoms. The summed E-state index contributed by atoms with van der Waals surface area (Å²) in [6.07, 6.45) is 0.563. The Bertz CT molecular complexity index is 1080. The number of rotatable bonds is 6.